The molecule has 1 aliphatic rings. The maximum absolute atomic E-state index is 13.1. The van der Waals surface area contributed by atoms with Crippen LogP contribution in [0.5, 0.6) is 0 Å². The molecule has 4 nitrogen and oxygen atoms in total. The van der Waals surface area contributed by atoms with Crippen LogP contribution in [0.4, 0.5) is 4.39 Å². The molecule has 0 saturated heterocycles. The average Bonchev–Trinajstić information content (AvgIpc) is 2.86. The van der Waals surface area contributed by atoms with E-state index in [1.807, 2.05) is 6.92 Å². The summed E-state index contributed by atoms with van der Waals surface area (Å²) in [5, 5.41) is 9.37. The fourth-order valence-electron chi connectivity index (χ4n) is 3.06. The zero-order valence-electron chi connectivity index (χ0n) is 11.8. The van der Waals surface area contributed by atoms with Gasteiger partial charge in [-0.3, -0.25) is 4.79 Å². The van der Waals surface area contributed by atoms with E-state index in [0.717, 1.165) is 36.5 Å². The van der Waals surface area contributed by atoms with Gasteiger partial charge >= 0.3 is 5.97 Å². The molecule has 110 valence electrons. The van der Waals surface area contributed by atoms with Crippen molar-refractivity contribution in [3.05, 3.63) is 41.5 Å². The van der Waals surface area contributed by atoms with E-state index in [4.69, 9.17) is 0 Å². The number of hydrogen-bond acceptors (Lipinski definition) is 2. The van der Waals surface area contributed by atoms with Gasteiger partial charge in [0, 0.05) is 17.8 Å². The molecule has 1 aliphatic carbocycles. The first-order valence-corrected chi connectivity index (χ1v) is 7.19. The highest BCUT2D eigenvalue weighted by Crippen LogP contribution is 2.34. The molecule has 0 saturated carbocycles. The minimum Gasteiger partial charge on any atom is -0.481 e. The topological polar surface area (TPSA) is 55.1 Å². The van der Waals surface area contributed by atoms with Gasteiger partial charge < -0.3 is 9.67 Å². The second kappa shape index (κ2) is 5.31. The third kappa shape index (κ3) is 2.33. The van der Waals surface area contributed by atoms with E-state index >= 15 is 0 Å². The van der Waals surface area contributed by atoms with E-state index in [1.54, 1.807) is 12.1 Å². The number of carbonyl (C=O) groups is 1. The highest BCUT2D eigenvalue weighted by atomic mass is 19.1. The van der Waals surface area contributed by atoms with Crippen LogP contribution in [0.2, 0.25) is 0 Å². The van der Waals surface area contributed by atoms with Crippen LogP contribution in [0.25, 0.3) is 11.4 Å². The molecular weight excluding hydrogens is 271 g/mol. The Morgan fingerprint density at radius 2 is 2.14 bits per heavy atom. The number of hydrogen-bond donors (Lipinski definition) is 1. The SMILES string of the molecule is CCn1c(-c2ccc(F)cc2)nc2c1CCCC2C(=O)O. The lowest BCUT2D eigenvalue weighted by Crippen LogP contribution is -2.19. The highest BCUT2D eigenvalue weighted by molar-refractivity contribution is 5.76. The van der Waals surface area contributed by atoms with Crippen LogP contribution >= 0.6 is 0 Å². The Balaban J connectivity index is 2.14. The monoisotopic (exact) mass is 288 g/mol. The summed E-state index contributed by atoms with van der Waals surface area (Å²) in [6, 6.07) is 6.17. The second-order valence-corrected chi connectivity index (χ2v) is 5.30. The zero-order chi connectivity index (χ0) is 15.0. The molecule has 1 N–H and O–H groups in total. The number of aliphatic carboxylic acids is 1. The summed E-state index contributed by atoms with van der Waals surface area (Å²) >= 11 is 0. The van der Waals surface area contributed by atoms with Crippen molar-refractivity contribution < 1.29 is 14.3 Å². The van der Waals surface area contributed by atoms with E-state index in [0.29, 0.717) is 12.1 Å². The summed E-state index contributed by atoms with van der Waals surface area (Å²) in [7, 11) is 0. The zero-order valence-corrected chi connectivity index (χ0v) is 11.8. The predicted octanol–water partition coefficient (Wildman–Crippen LogP) is 3.21. The Morgan fingerprint density at radius 1 is 1.43 bits per heavy atom. The fourth-order valence-corrected chi connectivity index (χ4v) is 3.06. The Labute approximate surface area is 122 Å². The van der Waals surface area contributed by atoms with Crippen molar-refractivity contribution in [3.63, 3.8) is 0 Å². The number of aromatic nitrogens is 2. The van der Waals surface area contributed by atoms with Gasteiger partial charge in [0.15, 0.2) is 0 Å². The molecule has 0 fully saturated rings. The summed E-state index contributed by atoms with van der Waals surface area (Å²) in [6.45, 7) is 2.74. The van der Waals surface area contributed by atoms with E-state index in [2.05, 4.69) is 9.55 Å². The van der Waals surface area contributed by atoms with E-state index in [9.17, 15) is 14.3 Å². The van der Waals surface area contributed by atoms with Gasteiger partial charge in [-0.2, -0.15) is 0 Å². The highest BCUT2D eigenvalue weighted by Gasteiger charge is 2.31. The van der Waals surface area contributed by atoms with Crippen LogP contribution in [0.1, 0.15) is 37.1 Å². The van der Waals surface area contributed by atoms with Crippen LogP contribution in [-0.4, -0.2) is 20.6 Å². The first-order chi connectivity index (χ1) is 10.1. The molecule has 0 amide bonds. The van der Waals surface area contributed by atoms with Gasteiger partial charge in [0.2, 0.25) is 0 Å². The number of nitrogens with zero attached hydrogens (tertiary/aromatic N) is 2. The van der Waals surface area contributed by atoms with Crippen LogP contribution in [0, 0.1) is 5.82 Å². The lowest BCUT2D eigenvalue weighted by molar-refractivity contribution is -0.139. The lowest BCUT2D eigenvalue weighted by atomic mass is 9.90. The summed E-state index contributed by atoms with van der Waals surface area (Å²) in [5.41, 5.74) is 2.50. The molecule has 2 aromatic rings. The quantitative estimate of drug-likeness (QED) is 0.943. The van der Waals surface area contributed by atoms with E-state index < -0.39 is 11.9 Å². The Hall–Kier alpha value is -2.17. The minimum absolute atomic E-state index is 0.290. The molecule has 0 spiro atoms. The van der Waals surface area contributed by atoms with Gasteiger partial charge in [-0.1, -0.05) is 0 Å². The number of carboxylic acid groups (broad SMARTS) is 1. The fraction of sp³-hybridized carbons (Fsp3) is 0.375. The van der Waals surface area contributed by atoms with Gasteiger partial charge in [0.05, 0.1) is 5.69 Å². The summed E-state index contributed by atoms with van der Waals surface area (Å²) < 4.78 is 15.1. The lowest BCUT2D eigenvalue weighted by Gasteiger charge is -2.19. The number of benzene rings is 1. The molecule has 0 radical (unpaired) electrons. The van der Waals surface area contributed by atoms with Crippen molar-refractivity contribution in [1.29, 1.82) is 0 Å². The molecule has 0 bridgehead atoms. The van der Waals surface area contributed by atoms with Crippen molar-refractivity contribution in [1.82, 2.24) is 9.55 Å². The van der Waals surface area contributed by atoms with Gasteiger partial charge in [0.1, 0.15) is 17.6 Å². The maximum atomic E-state index is 13.1. The number of carboxylic acids is 1. The minimum atomic E-state index is -0.817. The molecule has 5 heteroatoms. The molecular formula is C16H17FN2O2. The Morgan fingerprint density at radius 3 is 2.76 bits per heavy atom. The Bertz CT molecular complexity index is 676. The average molecular weight is 288 g/mol. The van der Waals surface area contributed by atoms with Crippen molar-refractivity contribution in [2.45, 2.75) is 38.6 Å². The first kappa shape index (κ1) is 13.8. The molecule has 1 aromatic carbocycles. The van der Waals surface area contributed by atoms with Crippen LogP contribution in [0.3, 0.4) is 0 Å². The van der Waals surface area contributed by atoms with Crippen molar-refractivity contribution in [3.8, 4) is 11.4 Å². The third-order valence-electron chi connectivity index (χ3n) is 4.06. The number of halogens is 1. The normalized spacial score (nSPS) is 17.5. The standard InChI is InChI=1S/C16H17FN2O2/c1-2-19-13-5-3-4-12(16(20)21)14(13)18-15(19)10-6-8-11(17)9-7-10/h6-9,12H,2-5H2,1H3,(H,20,21). The number of fused-ring (bicyclic) bond motifs is 1. The van der Waals surface area contributed by atoms with E-state index in [-0.39, 0.29) is 5.82 Å². The van der Waals surface area contributed by atoms with Gasteiger partial charge in [-0.25, -0.2) is 9.37 Å². The largest absolute Gasteiger partial charge is 0.481 e. The summed E-state index contributed by atoms with van der Waals surface area (Å²) in [4.78, 5) is 16.0. The first-order valence-electron chi connectivity index (χ1n) is 7.19. The second-order valence-electron chi connectivity index (χ2n) is 5.30. The van der Waals surface area contributed by atoms with Crippen molar-refractivity contribution in [2.75, 3.05) is 0 Å². The maximum Gasteiger partial charge on any atom is 0.312 e. The molecule has 3 rings (SSSR count). The summed E-state index contributed by atoms with van der Waals surface area (Å²) in [5.74, 6) is -0.903. The van der Waals surface area contributed by atoms with Gasteiger partial charge in [-0.05, 0) is 50.5 Å². The Kier molecular flexibility index (Phi) is 3.49. The van der Waals surface area contributed by atoms with Crippen LogP contribution < -0.4 is 0 Å². The smallest absolute Gasteiger partial charge is 0.312 e. The molecule has 1 atom stereocenters. The number of imidazole rings is 1. The molecule has 0 aliphatic heterocycles. The predicted molar refractivity (Wildman–Crippen MR) is 76.6 cm³/mol. The van der Waals surface area contributed by atoms with Crippen LogP contribution in [0.15, 0.2) is 24.3 Å². The van der Waals surface area contributed by atoms with Crippen molar-refractivity contribution >= 4 is 5.97 Å². The van der Waals surface area contributed by atoms with Gasteiger partial charge in [-0.15, -0.1) is 0 Å². The molecule has 1 heterocycles. The molecule has 21 heavy (non-hydrogen) atoms. The van der Waals surface area contributed by atoms with Crippen molar-refractivity contribution in [2.24, 2.45) is 0 Å². The molecule has 1 unspecified atom stereocenters. The van der Waals surface area contributed by atoms with Crippen LogP contribution in [-0.2, 0) is 17.8 Å². The van der Waals surface area contributed by atoms with E-state index in [1.165, 1.54) is 12.1 Å². The van der Waals surface area contributed by atoms with Gasteiger partial charge in [0.25, 0.3) is 0 Å². The summed E-state index contributed by atoms with van der Waals surface area (Å²) in [6.07, 6.45) is 2.34. The number of rotatable bonds is 3. The molecule has 1 aromatic heterocycles. The third-order valence-corrected chi connectivity index (χ3v) is 4.06.